The summed E-state index contributed by atoms with van der Waals surface area (Å²) >= 11 is 0. The van der Waals surface area contributed by atoms with Crippen LogP contribution in [-0.2, 0) is 5.41 Å². The number of nitrogens with zero attached hydrogens (tertiary/aromatic N) is 1. The Bertz CT molecular complexity index is 401. The number of H-pyrrole nitrogens is 1. The molecule has 1 heterocycles. The van der Waals surface area contributed by atoms with Crippen molar-refractivity contribution < 1.29 is 0 Å². The molecule has 2 nitrogen and oxygen atoms in total. The largest absolute Gasteiger partial charge is 0.345 e. The lowest BCUT2D eigenvalue weighted by molar-refractivity contribution is 0.471. The summed E-state index contributed by atoms with van der Waals surface area (Å²) in [6, 6.07) is 0. The van der Waals surface area contributed by atoms with Gasteiger partial charge in [0, 0.05) is 17.0 Å². The Morgan fingerprint density at radius 3 is 2.11 bits per heavy atom. The smallest absolute Gasteiger partial charge is 0.112 e. The van der Waals surface area contributed by atoms with Gasteiger partial charge >= 0.3 is 0 Å². The van der Waals surface area contributed by atoms with Gasteiger partial charge in [-0.25, -0.2) is 4.98 Å². The zero-order valence-electron chi connectivity index (χ0n) is 14.1. The van der Waals surface area contributed by atoms with Crippen LogP contribution in [0.1, 0.15) is 97.3 Å². The fraction of sp³-hybridized carbons (Fsp3) is 0.824. The second kappa shape index (κ2) is 6.11. The van der Waals surface area contributed by atoms with Gasteiger partial charge in [0.2, 0.25) is 0 Å². The second-order valence-electron chi connectivity index (χ2n) is 6.96. The summed E-state index contributed by atoms with van der Waals surface area (Å²) in [5, 5.41) is 0. The first-order valence-electron chi connectivity index (χ1n) is 7.84. The molecule has 2 atom stereocenters. The molecule has 0 fully saturated rings. The number of hydrogen-bond acceptors (Lipinski definition) is 1. The van der Waals surface area contributed by atoms with Crippen molar-refractivity contribution >= 4 is 0 Å². The van der Waals surface area contributed by atoms with Crippen LogP contribution in [0.15, 0.2) is 0 Å². The van der Waals surface area contributed by atoms with Crippen molar-refractivity contribution in [3.05, 3.63) is 17.2 Å². The van der Waals surface area contributed by atoms with Crippen LogP contribution in [0.5, 0.6) is 0 Å². The Morgan fingerprint density at radius 1 is 1.11 bits per heavy atom. The average Bonchev–Trinajstić information content (AvgIpc) is 2.82. The van der Waals surface area contributed by atoms with E-state index in [0.29, 0.717) is 17.8 Å². The highest BCUT2D eigenvalue weighted by molar-refractivity contribution is 5.25. The highest BCUT2D eigenvalue weighted by atomic mass is 15.0. The minimum absolute atomic E-state index is 0.136. The monoisotopic (exact) mass is 264 g/mol. The average molecular weight is 264 g/mol. The third-order valence-corrected chi connectivity index (χ3v) is 4.82. The van der Waals surface area contributed by atoms with Crippen molar-refractivity contribution in [2.75, 3.05) is 0 Å². The van der Waals surface area contributed by atoms with Crippen LogP contribution in [0.3, 0.4) is 0 Å². The summed E-state index contributed by atoms with van der Waals surface area (Å²) in [4.78, 5) is 8.64. The van der Waals surface area contributed by atoms with Crippen molar-refractivity contribution in [2.24, 2.45) is 5.92 Å². The summed E-state index contributed by atoms with van der Waals surface area (Å²) in [6.07, 6.45) is 2.27. The Balaban J connectivity index is 3.28. The Labute approximate surface area is 119 Å². The topological polar surface area (TPSA) is 28.7 Å². The van der Waals surface area contributed by atoms with Crippen molar-refractivity contribution in [1.82, 2.24) is 9.97 Å². The molecule has 0 aliphatic rings. The normalized spacial score (nSPS) is 15.8. The summed E-state index contributed by atoms with van der Waals surface area (Å²) in [5.74, 6) is 2.86. The molecular weight excluding hydrogens is 232 g/mol. The molecule has 2 unspecified atom stereocenters. The molecule has 1 rings (SSSR count). The van der Waals surface area contributed by atoms with E-state index in [2.05, 4.69) is 60.4 Å². The number of aromatic nitrogens is 2. The van der Waals surface area contributed by atoms with E-state index in [-0.39, 0.29) is 5.41 Å². The maximum Gasteiger partial charge on any atom is 0.112 e. The van der Waals surface area contributed by atoms with E-state index >= 15 is 0 Å². The summed E-state index contributed by atoms with van der Waals surface area (Å²) in [5.41, 5.74) is 2.79. The first-order valence-corrected chi connectivity index (χ1v) is 7.84. The van der Waals surface area contributed by atoms with Crippen LogP contribution in [-0.4, -0.2) is 9.97 Å². The van der Waals surface area contributed by atoms with E-state index in [4.69, 9.17) is 4.98 Å². The number of hydrogen-bond donors (Lipinski definition) is 1. The predicted molar refractivity (Wildman–Crippen MR) is 83.9 cm³/mol. The van der Waals surface area contributed by atoms with E-state index in [1.807, 2.05) is 0 Å². The third-order valence-electron chi connectivity index (χ3n) is 4.82. The maximum atomic E-state index is 4.99. The number of imidazole rings is 1. The van der Waals surface area contributed by atoms with E-state index in [1.165, 1.54) is 11.4 Å². The molecule has 2 heteroatoms. The number of rotatable bonds is 6. The van der Waals surface area contributed by atoms with Crippen LogP contribution < -0.4 is 0 Å². The lowest BCUT2D eigenvalue weighted by atomic mass is 9.89. The zero-order valence-corrected chi connectivity index (χ0v) is 14.1. The molecule has 0 bridgehead atoms. The Kier molecular flexibility index (Phi) is 5.23. The second-order valence-corrected chi connectivity index (χ2v) is 6.96. The standard InChI is InChI=1S/C17H32N2/c1-9-12(5)14-15(13(6)11(3)4)19-16(18-14)17(7,8)10-2/h11-13H,9-10H2,1-8H3,(H,18,19). The quantitative estimate of drug-likeness (QED) is 0.735. The highest BCUT2D eigenvalue weighted by Gasteiger charge is 2.28. The molecule has 1 aromatic heterocycles. The van der Waals surface area contributed by atoms with Crippen LogP contribution in [0.4, 0.5) is 0 Å². The third kappa shape index (κ3) is 3.40. The summed E-state index contributed by atoms with van der Waals surface area (Å²) in [7, 11) is 0. The van der Waals surface area contributed by atoms with Crippen molar-refractivity contribution in [3.8, 4) is 0 Å². The molecule has 0 saturated carbocycles. The lowest BCUT2D eigenvalue weighted by Crippen LogP contribution is -2.17. The number of aromatic amines is 1. The Morgan fingerprint density at radius 2 is 1.68 bits per heavy atom. The molecule has 1 aromatic rings. The van der Waals surface area contributed by atoms with Gasteiger partial charge in [-0.3, -0.25) is 0 Å². The summed E-state index contributed by atoms with van der Waals surface area (Å²) < 4.78 is 0. The maximum absolute atomic E-state index is 4.99. The van der Waals surface area contributed by atoms with Gasteiger partial charge in [0.1, 0.15) is 5.82 Å². The first-order chi connectivity index (χ1) is 8.74. The molecule has 0 radical (unpaired) electrons. The van der Waals surface area contributed by atoms with E-state index in [0.717, 1.165) is 18.7 Å². The van der Waals surface area contributed by atoms with Gasteiger partial charge in [-0.1, -0.05) is 55.4 Å². The van der Waals surface area contributed by atoms with Gasteiger partial charge in [-0.2, -0.15) is 0 Å². The molecule has 0 saturated heterocycles. The molecular formula is C17H32N2. The lowest BCUT2D eigenvalue weighted by Gasteiger charge is -2.19. The molecule has 0 spiro atoms. The van der Waals surface area contributed by atoms with Crippen LogP contribution in [0, 0.1) is 5.92 Å². The molecule has 0 aliphatic carbocycles. The molecule has 0 aliphatic heterocycles. The summed E-state index contributed by atoms with van der Waals surface area (Å²) in [6.45, 7) is 18.2. The zero-order chi connectivity index (χ0) is 14.8. The van der Waals surface area contributed by atoms with Crippen LogP contribution in [0.2, 0.25) is 0 Å². The van der Waals surface area contributed by atoms with Crippen molar-refractivity contribution in [3.63, 3.8) is 0 Å². The van der Waals surface area contributed by atoms with Gasteiger partial charge in [0.05, 0.1) is 5.69 Å². The fourth-order valence-electron chi connectivity index (χ4n) is 2.13. The van der Waals surface area contributed by atoms with E-state index in [1.54, 1.807) is 0 Å². The molecule has 0 amide bonds. The van der Waals surface area contributed by atoms with Gasteiger partial charge < -0.3 is 4.98 Å². The van der Waals surface area contributed by atoms with Crippen LogP contribution in [0.25, 0.3) is 0 Å². The number of nitrogens with one attached hydrogen (secondary N) is 1. The van der Waals surface area contributed by atoms with Crippen LogP contribution >= 0.6 is 0 Å². The molecule has 19 heavy (non-hydrogen) atoms. The minimum Gasteiger partial charge on any atom is -0.345 e. The van der Waals surface area contributed by atoms with Gasteiger partial charge in [-0.05, 0) is 24.7 Å². The van der Waals surface area contributed by atoms with Crippen molar-refractivity contribution in [2.45, 2.75) is 85.5 Å². The van der Waals surface area contributed by atoms with Gasteiger partial charge in [0.15, 0.2) is 0 Å². The minimum atomic E-state index is 0.136. The predicted octanol–water partition coefficient (Wildman–Crippen LogP) is 5.37. The Hall–Kier alpha value is -0.790. The highest BCUT2D eigenvalue weighted by Crippen LogP contribution is 2.34. The van der Waals surface area contributed by atoms with E-state index in [9.17, 15) is 0 Å². The van der Waals surface area contributed by atoms with Crippen molar-refractivity contribution in [1.29, 1.82) is 0 Å². The molecule has 110 valence electrons. The molecule has 0 aromatic carbocycles. The first kappa shape index (κ1) is 16.3. The van der Waals surface area contributed by atoms with Gasteiger partial charge in [0.25, 0.3) is 0 Å². The fourth-order valence-corrected chi connectivity index (χ4v) is 2.13. The SMILES string of the molecule is CCC(C)c1[nH]c(C(C)(C)CC)nc1C(C)C(C)C. The van der Waals surface area contributed by atoms with E-state index < -0.39 is 0 Å². The molecule has 1 N–H and O–H groups in total. The van der Waals surface area contributed by atoms with Gasteiger partial charge in [-0.15, -0.1) is 0 Å².